The summed E-state index contributed by atoms with van der Waals surface area (Å²) in [5, 5.41) is 5.20. The fourth-order valence-electron chi connectivity index (χ4n) is 1.95. The Bertz CT molecular complexity index is 364. The highest BCUT2D eigenvalue weighted by molar-refractivity contribution is 6.30. The van der Waals surface area contributed by atoms with Crippen LogP contribution in [0, 0.1) is 0 Å². The number of nitrogens with zero attached hydrogens (tertiary/aromatic N) is 1. The van der Waals surface area contributed by atoms with Gasteiger partial charge in [0.2, 0.25) is 0 Å². The maximum Gasteiger partial charge on any atom is 0.0576 e. The lowest BCUT2D eigenvalue weighted by molar-refractivity contribution is 0.702. The Morgan fingerprint density at radius 2 is 1.81 bits per heavy atom. The molecule has 0 aliphatic heterocycles. The predicted molar refractivity (Wildman–Crippen MR) is 70.2 cm³/mol. The van der Waals surface area contributed by atoms with Crippen LogP contribution in [0.5, 0.6) is 0 Å². The fraction of sp³-hybridized carbons (Fsp3) is 0.462. The molecule has 0 aromatic heterocycles. The number of hydrogen-bond acceptors (Lipinski definition) is 2. The summed E-state index contributed by atoms with van der Waals surface area (Å²) in [7, 11) is 0. The Kier molecular flexibility index (Phi) is 4.23. The molecular weight excluding hydrogens is 220 g/mol. The fourth-order valence-corrected chi connectivity index (χ4v) is 2.14. The minimum absolute atomic E-state index is 0.742. The van der Waals surface area contributed by atoms with Crippen molar-refractivity contribution in [3.05, 3.63) is 29.3 Å². The third-order valence-corrected chi connectivity index (χ3v) is 3.08. The quantitative estimate of drug-likeness (QED) is 0.595. The van der Waals surface area contributed by atoms with Gasteiger partial charge in [-0.1, -0.05) is 30.5 Å². The maximum atomic E-state index is 5.90. The molecule has 0 radical (unpaired) electrons. The van der Waals surface area contributed by atoms with Crippen molar-refractivity contribution in [1.82, 2.24) is 0 Å². The Morgan fingerprint density at radius 1 is 1.06 bits per heavy atom. The molecule has 1 aliphatic carbocycles. The standard InChI is InChI=1S/C13H17ClN2/c14-11-6-5-9-13(10-11)16-15-12-7-3-1-2-4-8-12/h5-6,9-10,16H,1-4,7-8H2. The second-order valence-electron chi connectivity index (χ2n) is 4.21. The van der Waals surface area contributed by atoms with Gasteiger partial charge in [-0.05, 0) is 43.9 Å². The first kappa shape index (κ1) is 11.5. The molecule has 16 heavy (non-hydrogen) atoms. The van der Waals surface area contributed by atoms with Crippen molar-refractivity contribution in [2.45, 2.75) is 38.5 Å². The third kappa shape index (κ3) is 3.53. The maximum absolute atomic E-state index is 5.90. The van der Waals surface area contributed by atoms with Crippen LogP contribution in [-0.4, -0.2) is 5.71 Å². The summed E-state index contributed by atoms with van der Waals surface area (Å²) >= 11 is 5.90. The topological polar surface area (TPSA) is 24.4 Å². The van der Waals surface area contributed by atoms with E-state index < -0.39 is 0 Å². The summed E-state index contributed by atoms with van der Waals surface area (Å²) in [6.07, 6.45) is 7.50. The van der Waals surface area contributed by atoms with E-state index in [0.29, 0.717) is 0 Å². The van der Waals surface area contributed by atoms with E-state index in [-0.39, 0.29) is 0 Å². The highest BCUT2D eigenvalue weighted by Crippen LogP contribution is 2.17. The molecule has 0 heterocycles. The molecule has 1 N–H and O–H groups in total. The number of rotatable bonds is 2. The molecule has 1 fully saturated rings. The summed E-state index contributed by atoms with van der Waals surface area (Å²) in [6.45, 7) is 0. The lowest BCUT2D eigenvalue weighted by Crippen LogP contribution is -2.00. The van der Waals surface area contributed by atoms with E-state index in [1.807, 2.05) is 24.3 Å². The molecule has 86 valence electrons. The van der Waals surface area contributed by atoms with Gasteiger partial charge in [-0.3, -0.25) is 5.43 Å². The lowest BCUT2D eigenvalue weighted by atomic mass is 10.2. The first-order valence-electron chi connectivity index (χ1n) is 5.91. The average molecular weight is 237 g/mol. The van der Waals surface area contributed by atoms with Gasteiger partial charge in [0.25, 0.3) is 0 Å². The molecule has 2 rings (SSSR count). The van der Waals surface area contributed by atoms with E-state index >= 15 is 0 Å². The summed E-state index contributed by atoms with van der Waals surface area (Å²) in [5.74, 6) is 0. The van der Waals surface area contributed by atoms with Crippen molar-refractivity contribution in [2.24, 2.45) is 5.10 Å². The molecule has 0 spiro atoms. The van der Waals surface area contributed by atoms with Crippen LogP contribution in [0.3, 0.4) is 0 Å². The molecule has 0 bridgehead atoms. The molecule has 1 aromatic carbocycles. The molecule has 2 nitrogen and oxygen atoms in total. The van der Waals surface area contributed by atoms with Crippen LogP contribution >= 0.6 is 11.6 Å². The normalized spacial score (nSPS) is 16.7. The van der Waals surface area contributed by atoms with Gasteiger partial charge in [0, 0.05) is 10.7 Å². The van der Waals surface area contributed by atoms with Crippen LogP contribution in [0.1, 0.15) is 38.5 Å². The smallest absolute Gasteiger partial charge is 0.0576 e. The number of benzene rings is 1. The second-order valence-corrected chi connectivity index (χ2v) is 4.65. The van der Waals surface area contributed by atoms with Crippen LogP contribution in [0.15, 0.2) is 29.4 Å². The third-order valence-electron chi connectivity index (χ3n) is 2.85. The first-order chi connectivity index (χ1) is 7.84. The van der Waals surface area contributed by atoms with Crippen molar-refractivity contribution in [3.8, 4) is 0 Å². The summed E-state index contributed by atoms with van der Waals surface area (Å²) in [4.78, 5) is 0. The van der Waals surface area contributed by atoms with Crippen LogP contribution in [0.25, 0.3) is 0 Å². The number of halogens is 1. The SMILES string of the molecule is Clc1cccc(NN=C2CCCCCC2)c1. The van der Waals surface area contributed by atoms with Gasteiger partial charge in [0.1, 0.15) is 0 Å². The summed E-state index contributed by atoms with van der Waals surface area (Å²) in [6, 6.07) is 7.67. The van der Waals surface area contributed by atoms with Gasteiger partial charge in [-0.25, -0.2) is 0 Å². The van der Waals surface area contributed by atoms with Crippen molar-refractivity contribution in [2.75, 3.05) is 5.43 Å². The number of hydrazone groups is 1. The Morgan fingerprint density at radius 3 is 2.50 bits per heavy atom. The zero-order valence-electron chi connectivity index (χ0n) is 9.38. The van der Waals surface area contributed by atoms with Crippen molar-refractivity contribution in [1.29, 1.82) is 0 Å². The Balaban J connectivity index is 1.96. The summed E-state index contributed by atoms with van der Waals surface area (Å²) < 4.78 is 0. The monoisotopic (exact) mass is 236 g/mol. The minimum Gasteiger partial charge on any atom is -0.279 e. The second kappa shape index (κ2) is 5.90. The number of nitrogens with one attached hydrogen (secondary N) is 1. The zero-order valence-corrected chi connectivity index (χ0v) is 10.1. The molecule has 0 saturated heterocycles. The van der Waals surface area contributed by atoms with Gasteiger partial charge in [-0.2, -0.15) is 5.10 Å². The van der Waals surface area contributed by atoms with Crippen LogP contribution in [0.4, 0.5) is 5.69 Å². The molecule has 1 aliphatic rings. The van der Waals surface area contributed by atoms with Crippen molar-refractivity contribution >= 4 is 23.0 Å². The van der Waals surface area contributed by atoms with Crippen molar-refractivity contribution in [3.63, 3.8) is 0 Å². The van der Waals surface area contributed by atoms with Crippen LogP contribution in [-0.2, 0) is 0 Å². The van der Waals surface area contributed by atoms with Crippen LogP contribution in [0.2, 0.25) is 5.02 Å². The predicted octanol–water partition coefficient (Wildman–Crippen LogP) is 4.46. The van der Waals surface area contributed by atoms with E-state index in [0.717, 1.165) is 23.6 Å². The molecule has 1 aromatic rings. The molecule has 0 atom stereocenters. The van der Waals surface area contributed by atoms with Gasteiger partial charge in [0.15, 0.2) is 0 Å². The van der Waals surface area contributed by atoms with E-state index in [9.17, 15) is 0 Å². The Hall–Kier alpha value is -1.02. The average Bonchev–Trinajstić information content (AvgIpc) is 2.55. The highest BCUT2D eigenvalue weighted by Gasteiger charge is 2.05. The molecule has 0 unspecified atom stereocenters. The molecule has 0 amide bonds. The van der Waals surface area contributed by atoms with Gasteiger partial charge >= 0.3 is 0 Å². The van der Waals surface area contributed by atoms with Gasteiger partial charge in [-0.15, -0.1) is 0 Å². The summed E-state index contributed by atoms with van der Waals surface area (Å²) in [5.41, 5.74) is 5.34. The van der Waals surface area contributed by atoms with E-state index in [1.54, 1.807) is 0 Å². The van der Waals surface area contributed by atoms with E-state index in [4.69, 9.17) is 11.6 Å². The van der Waals surface area contributed by atoms with Crippen LogP contribution < -0.4 is 5.43 Å². The first-order valence-corrected chi connectivity index (χ1v) is 6.29. The lowest BCUT2D eigenvalue weighted by Gasteiger charge is -2.04. The van der Waals surface area contributed by atoms with E-state index in [2.05, 4.69) is 10.5 Å². The van der Waals surface area contributed by atoms with Crippen molar-refractivity contribution < 1.29 is 0 Å². The molecule has 1 saturated carbocycles. The van der Waals surface area contributed by atoms with E-state index in [1.165, 1.54) is 31.4 Å². The van der Waals surface area contributed by atoms with Gasteiger partial charge < -0.3 is 0 Å². The Labute approximate surface area is 102 Å². The number of hydrogen-bond donors (Lipinski definition) is 1. The number of anilines is 1. The largest absolute Gasteiger partial charge is 0.279 e. The minimum atomic E-state index is 0.742. The zero-order chi connectivity index (χ0) is 11.2. The molecule has 3 heteroatoms. The molecular formula is C13H17ClN2. The van der Waals surface area contributed by atoms with Gasteiger partial charge in [0.05, 0.1) is 5.69 Å². The highest BCUT2D eigenvalue weighted by atomic mass is 35.5.